The first-order valence-electron chi connectivity index (χ1n) is 27.7. The molecule has 6 atom stereocenters. The summed E-state index contributed by atoms with van der Waals surface area (Å²) in [6.45, 7) is 16.9. The summed E-state index contributed by atoms with van der Waals surface area (Å²) < 4.78 is 58.1. The minimum absolute atomic E-state index is 0. The van der Waals surface area contributed by atoms with Crippen LogP contribution in [0.5, 0.6) is 0 Å². The summed E-state index contributed by atoms with van der Waals surface area (Å²) in [4.78, 5) is 41.8. The number of rotatable bonds is 9. The number of piperidine rings is 4. The molecule has 4 aromatic carbocycles. The van der Waals surface area contributed by atoms with Gasteiger partial charge in [-0.3, -0.25) is 14.4 Å². The third-order valence-corrected chi connectivity index (χ3v) is 16.8. The average Bonchev–Trinajstić information content (AvgIpc) is 4.26. The van der Waals surface area contributed by atoms with Crippen molar-refractivity contribution in [2.45, 2.75) is 82.3 Å². The molecule has 7 aliphatic rings. The van der Waals surface area contributed by atoms with Crippen molar-refractivity contribution in [3.8, 4) is 0 Å². The molecule has 5 fully saturated rings. The van der Waals surface area contributed by atoms with Crippen LogP contribution in [0.4, 0.5) is 28.9 Å². The third kappa shape index (κ3) is 19.1. The largest absolute Gasteiger partial charge is 1.00 e. The van der Waals surface area contributed by atoms with Crippen molar-refractivity contribution in [1.29, 1.82) is 0 Å². The number of halogens is 4. The number of hydrogen-bond acceptors (Lipinski definition) is 12. The quantitative estimate of drug-likeness (QED) is 0.0310. The van der Waals surface area contributed by atoms with Gasteiger partial charge in [0.25, 0.3) is 6.47 Å². The van der Waals surface area contributed by atoms with Crippen LogP contribution in [0, 0.1) is 46.9 Å². The van der Waals surface area contributed by atoms with Gasteiger partial charge < -0.3 is 57.2 Å². The van der Waals surface area contributed by atoms with Crippen LogP contribution in [-0.2, 0) is 34.8 Å². The van der Waals surface area contributed by atoms with Crippen molar-refractivity contribution in [3.05, 3.63) is 143 Å². The number of nitrogens with zero attached hydrogens (tertiary/aromatic N) is 3. The first-order valence-corrected chi connectivity index (χ1v) is 27.7. The maximum Gasteiger partial charge on any atom is 1.00 e. The van der Waals surface area contributed by atoms with Gasteiger partial charge in [-0.15, -0.1) is 0 Å². The Kier molecular flexibility index (Phi) is 28.7. The number of aliphatic hydroxyl groups is 2. The fourth-order valence-electron chi connectivity index (χ4n) is 12.3. The molecule has 4 aromatic rings. The number of carbonyl (C=O) groups is 3. The van der Waals surface area contributed by atoms with Gasteiger partial charge in [-0.05, 0) is 160 Å². The van der Waals surface area contributed by atoms with Crippen molar-refractivity contribution in [2.24, 2.45) is 23.7 Å². The van der Waals surface area contributed by atoms with Gasteiger partial charge in [0.1, 0.15) is 23.3 Å². The molecule has 0 aromatic heterocycles. The van der Waals surface area contributed by atoms with Gasteiger partial charge in [0.2, 0.25) is 11.8 Å². The number of likely N-dealkylation sites (tertiary alicyclic amines) is 3. The van der Waals surface area contributed by atoms with E-state index < -0.39 is 29.4 Å². The number of para-hydroxylation sites is 2. The minimum atomic E-state index is -0.667. The molecule has 81 heavy (non-hydrogen) atoms. The fraction of sp³-hybridized carbons (Fsp3) is 0.492. The second kappa shape index (κ2) is 33.7. The van der Waals surface area contributed by atoms with Gasteiger partial charge in [0.15, 0.2) is 0 Å². The van der Waals surface area contributed by atoms with Crippen LogP contribution in [0.2, 0.25) is 0 Å². The topological polar surface area (TPSA) is 182 Å². The second-order valence-corrected chi connectivity index (χ2v) is 21.7. The Morgan fingerprint density at radius 3 is 1.63 bits per heavy atom. The van der Waals surface area contributed by atoms with E-state index in [1.54, 1.807) is 22.3 Å². The van der Waals surface area contributed by atoms with Crippen LogP contribution in [0.25, 0.3) is 12.2 Å². The molecule has 430 valence electrons. The monoisotopic (exact) mass is 1180 g/mol. The van der Waals surface area contributed by atoms with E-state index in [-0.39, 0.29) is 140 Å². The van der Waals surface area contributed by atoms with E-state index in [2.05, 4.69) is 88.1 Å². The first-order chi connectivity index (χ1) is 38.1. The predicted octanol–water partition coefficient (Wildman–Crippen LogP) is 1.43. The standard InChI is InChI=1S/C29H35F2N3O2.C16H17F2NO2.C13H18N2.C2H6O.CH2O3.2K.H/c1-20-17-33(13-10-29(20)19-32-26-5-3-2-4-25(26)29)18-27(35)22-8-11-34(12-9-22)28(36)7-6-21-14-23(30)16-24(31)15-21;17-13-7-11(8-14(18)9-13)1-2-16(20)19-5-3-12(4-6-19)15-10-21-15;1-10-8-14-7-6-13(10)9-15-12-5-3-2-4-11(12)13;1-2-3;2-1-4-3;;;/h2-7,14-16,20,22,27,32,35H,8-13,17-19H2,1H3;1-2,7-9,12,15H,3-6,10H2;2-5,10,14-15H,6-9H2,1H3;3H,2H2,1H3;1,3H;;;/q;;;;;2*+1;-1/p-1/b7-6+;2-1+;;;;;;. The van der Waals surface area contributed by atoms with Crippen LogP contribution in [-0.4, -0.2) is 141 Å². The summed E-state index contributed by atoms with van der Waals surface area (Å²) >= 11 is 0. The van der Waals surface area contributed by atoms with Crippen molar-refractivity contribution in [2.75, 3.05) is 95.8 Å². The fourth-order valence-corrected chi connectivity index (χ4v) is 12.3. The molecular weight excluding hydrogens is 1100 g/mol. The summed E-state index contributed by atoms with van der Waals surface area (Å²) in [5.41, 5.74) is 6.83. The van der Waals surface area contributed by atoms with Crippen LogP contribution < -0.4 is 124 Å². The molecule has 5 N–H and O–H groups in total. The summed E-state index contributed by atoms with van der Waals surface area (Å²) in [5.74, 6) is -0.969. The smallest absolute Gasteiger partial charge is 1.00 e. The van der Waals surface area contributed by atoms with Gasteiger partial charge >= 0.3 is 103 Å². The van der Waals surface area contributed by atoms with Crippen molar-refractivity contribution >= 4 is 41.8 Å². The molecule has 0 bridgehead atoms. The zero-order valence-corrected chi connectivity index (χ0v) is 53.8. The Bertz CT molecular complexity index is 2670. The van der Waals surface area contributed by atoms with Gasteiger partial charge in [0, 0.05) is 105 Å². The number of anilines is 2. The number of aliphatic hydroxyl groups excluding tert-OH is 2. The second-order valence-electron chi connectivity index (χ2n) is 21.7. The summed E-state index contributed by atoms with van der Waals surface area (Å²) in [6.07, 6.45) is 11.4. The van der Waals surface area contributed by atoms with E-state index in [0.717, 1.165) is 96.0 Å². The minimum Gasteiger partial charge on any atom is -1.00 e. The molecule has 7 heterocycles. The molecular formula is C61H78F4K2N6O8. The van der Waals surface area contributed by atoms with E-state index in [0.29, 0.717) is 67.2 Å². The molecule has 14 nitrogen and oxygen atoms in total. The van der Waals surface area contributed by atoms with Gasteiger partial charge in [-0.1, -0.05) is 50.2 Å². The van der Waals surface area contributed by atoms with Crippen molar-refractivity contribution in [1.82, 2.24) is 20.0 Å². The maximum atomic E-state index is 13.4. The molecule has 2 amide bonds. The van der Waals surface area contributed by atoms with E-state index in [4.69, 9.17) is 19.9 Å². The molecule has 2 spiro atoms. The van der Waals surface area contributed by atoms with Crippen molar-refractivity contribution in [3.63, 3.8) is 0 Å². The average molecular weight is 1180 g/mol. The maximum absolute atomic E-state index is 13.4. The van der Waals surface area contributed by atoms with Crippen LogP contribution >= 0.6 is 0 Å². The predicted molar refractivity (Wildman–Crippen MR) is 296 cm³/mol. The number of amides is 2. The Hall–Kier alpha value is -2.88. The van der Waals surface area contributed by atoms with Gasteiger partial charge in [0.05, 0.1) is 18.8 Å². The number of nitrogens with one attached hydrogen (secondary N) is 3. The molecule has 5 saturated heterocycles. The van der Waals surface area contributed by atoms with Crippen LogP contribution in [0.1, 0.15) is 83.0 Å². The number of carbonyl (C=O) groups excluding carboxylic acids is 3. The number of ether oxygens (including phenoxy) is 1. The van der Waals surface area contributed by atoms with E-state index >= 15 is 0 Å². The molecule has 11 rings (SSSR count). The molecule has 0 radical (unpaired) electrons. The molecule has 0 aliphatic carbocycles. The Morgan fingerprint density at radius 2 is 1.20 bits per heavy atom. The molecule has 20 heteroatoms. The number of benzene rings is 4. The number of epoxide rings is 1. The Balaban J connectivity index is 0.000000266. The summed E-state index contributed by atoms with van der Waals surface area (Å²) in [7, 11) is 0. The van der Waals surface area contributed by atoms with Gasteiger partial charge in [-0.25, -0.2) is 17.6 Å². The van der Waals surface area contributed by atoms with Gasteiger partial charge in [-0.2, -0.15) is 0 Å². The number of hydrogen-bond donors (Lipinski definition) is 5. The molecule has 6 unspecified atom stereocenters. The first kappa shape index (κ1) is 68.9. The van der Waals surface area contributed by atoms with Crippen LogP contribution in [0.3, 0.4) is 0 Å². The number of β-amino-alcohol motifs (C(OH)–C–C–N with tert-alkyl or cyclic N) is 1. The van der Waals surface area contributed by atoms with E-state index in [1.165, 1.54) is 71.9 Å². The zero-order valence-electron chi connectivity index (χ0n) is 48.6. The Morgan fingerprint density at radius 1 is 0.753 bits per heavy atom. The van der Waals surface area contributed by atoms with E-state index in [1.807, 2.05) is 0 Å². The molecule has 0 saturated carbocycles. The summed E-state index contributed by atoms with van der Waals surface area (Å²) in [5, 5.41) is 37.7. The number of fused-ring (bicyclic) bond motifs is 4. The van der Waals surface area contributed by atoms with Crippen LogP contribution in [0.15, 0.2) is 97.1 Å². The Labute approximate surface area is 561 Å². The van der Waals surface area contributed by atoms with Crippen molar-refractivity contribution < 1.29 is 161 Å². The third-order valence-electron chi connectivity index (χ3n) is 16.8. The van der Waals surface area contributed by atoms with E-state index in [9.17, 15) is 32.3 Å². The summed E-state index contributed by atoms with van der Waals surface area (Å²) in [6, 6.07) is 23.8. The zero-order chi connectivity index (χ0) is 56.5. The normalized spacial score (nSPS) is 24.1. The SMILES string of the molecule is CC1CN(CC(O)C2CCN(C(=O)/C=C/c3cc(F)cc(F)c3)CC2)CCC12CNc1ccccc12.CC1CNCCC12CNc1ccccc12.CCO.O=C(/C=C/c1cc(F)cc(F)c1)N1CCC(C2CO2)CC1.O=CO[O-].[H-].[K+].[K+]. The molecule has 7 aliphatic heterocycles.